The van der Waals surface area contributed by atoms with E-state index >= 15 is 0 Å². The molecule has 1 aliphatic rings. The molecule has 1 aromatic carbocycles. The van der Waals surface area contributed by atoms with E-state index in [4.69, 9.17) is 4.74 Å². The summed E-state index contributed by atoms with van der Waals surface area (Å²) in [5.74, 6) is 0.175. The summed E-state index contributed by atoms with van der Waals surface area (Å²) < 4.78 is 31.5. The molecule has 1 heterocycles. The molecule has 0 unspecified atom stereocenters. The third-order valence-electron chi connectivity index (χ3n) is 3.28. The van der Waals surface area contributed by atoms with E-state index in [1.165, 1.54) is 0 Å². The zero-order valence-electron chi connectivity index (χ0n) is 11.8. The molecular weight excluding hydrogens is 276 g/mol. The maximum absolute atomic E-state index is 11.8. The van der Waals surface area contributed by atoms with Gasteiger partial charge in [0.1, 0.15) is 0 Å². The molecule has 0 saturated carbocycles. The number of rotatable bonds is 6. The topological polar surface area (TPSA) is 58.6 Å². The number of unbranched alkanes of at least 4 members (excludes halogenated alkanes) is 1. The summed E-state index contributed by atoms with van der Waals surface area (Å²) in [4.78, 5) is 2.23. The lowest BCUT2D eigenvalue weighted by atomic mass is 10.2. The van der Waals surface area contributed by atoms with Gasteiger partial charge < -0.3 is 9.64 Å². The first-order valence-corrected chi connectivity index (χ1v) is 8.69. The molecule has 0 aliphatic carbocycles. The number of anilines is 2. The van der Waals surface area contributed by atoms with Gasteiger partial charge in [0, 0.05) is 24.5 Å². The molecule has 0 amide bonds. The number of hydrogen-bond donors (Lipinski definition) is 1. The number of nitrogens with one attached hydrogen (secondary N) is 1. The Morgan fingerprint density at radius 3 is 2.45 bits per heavy atom. The van der Waals surface area contributed by atoms with Crippen molar-refractivity contribution in [2.24, 2.45) is 0 Å². The Morgan fingerprint density at radius 1 is 1.20 bits per heavy atom. The maximum Gasteiger partial charge on any atom is 0.232 e. The Kier molecular flexibility index (Phi) is 5.25. The summed E-state index contributed by atoms with van der Waals surface area (Å²) in [7, 11) is -3.22. The Labute approximate surface area is 121 Å². The Hall–Kier alpha value is -1.27. The molecule has 112 valence electrons. The summed E-state index contributed by atoms with van der Waals surface area (Å²) >= 11 is 0. The molecule has 1 fully saturated rings. The van der Waals surface area contributed by atoms with Gasteiger partial charge in [-0.2, -0.15) is 0 Å². The molecule has 20 heavy (non-hydrogen) atoms. The lowest BCUT2D eigenvalue weighted by Gasteiger charge is -2.28. The average molecular weight is 298 g/mol. The Balaban J connectivity index is 1.97. The van der Waals surface area contributed by atoms with E-state index < -0.39 is 10.0 Å². The molecular formula is C14H22N2O3S. The zero-order chi connectivity index (χ0) is 14.4. The highest BCUT2D eigenvalue weighted by Crippen LogP contribution is 2.19. The molecule has 0 atom stereocenters. The first kappa shape index (κ1) is 15.1. The highest BCUT2D eigenvalue weighted by molar-refractivity contribution is 7.92. The normalized spacial score (nSPS) is 16.1. The van der Waals surface area contributed by atoms with Crippen LogP contribution in [0.1, 0.15) is 19.8 Å². The fraction of sp³-hybridized carbons (Fsp3) is 0.571. The molecule has 1 saturated heterocycles. The van der Waals surface area contributed by atoms with Crippen molar-refractivity contribution in [3.63, 3.8) is 0 Å². The van der Waals surface area contributed by atoms with E-state index in [0.29, 0.717) is 12.1 Å². The van der Waals surface area contributed by atoms with E-state index in [9.17, 15) is 8.42 Å². The largest absolute Gasteiger partial charge is 0.378 e. The van der Waals surface area contributed by atoms with Gasteiger partial charge in [-0.1, -0.05) is 13.3 Å². The van der Waals surface area contributed by atoms with Crippen molar-refractivity contribution in [1.82, 2.24) is 0 Å². The standard InChI is InChI=1S/C14H22N2O3S/c1-2-3-12-20(17,18)15-13-4-6-14(7-5-13)16-8-10-19-11-9-16/h4-7,15H,2-3,8-12H2,1H3. The highest BCUT2D eigenvalue weighted by atomic mass is 32.2. The summed E-state index contributed by atoms with van der Waals surface area (Å²) in [5.41, 5.74) is 1.72. The minimum atomic E-state index is -3.22. The van der Waals surface area contributed by atoms with Crippen molar-refractivity contribution in [2.75, 3.05) is 41.7 Å². The molecule has 2 rings (SSSR count). The van der Waals surface area contributed by atoms with Gasteiger partial charge in [0.15, 0.2) is 0 Å². The van der Waals surface area contributed by atoms with Crippen LogP contribution in [0.25, 0.3) is 0 Å². The molecule has 0 aromatic heterocycles. The number of ether oxygens (including phenoxy) is 1. The summed E-state index contributed by atoms with van der Waals surface area (Å²) in [6.07, 6.45) is 1.55. The van der Waals surface area contributed by atoms with Crippen LogP contribution in [0.15, 0.2) is 24.3 Å². The van der Waals surface area contributed by atoms with Crippen LogP contribution in [0.3, 0.4) is 0 Å². The Bertz CT molecular complexity index is 508. The van der Waals surface area contributed by atoms with Gasteiger partial charge in [0.25, 0.3) is 0 Å². The molecule has 5 nitrogen and oxygen atoms in total. The highest BCUT2D eigenvalue weighted by Gasteiger charge is 2.12. The number of benzene rings is 1. The zero-order valence-corrected chi connectivity index (χ0v) is 12.7. The lowest BCUT2D eigenvalue weighted by Crippen LogP contribution is -2.36. The molecule has 1 aromatic rings. The van der Waals surface area contributed by atoms with Gasteiger partial charge in [-0.05, 0) is 30.7 Å². The fourth-order valence-corrected chi connectivity index (χ4v) is 3.39. The summed E-state index contributed by atoms with van der Waals surface area (Å²) in [5, 5.41) is 0. The third-order valence-corrected chi connectivity index (χ3v) is 4.66. The van der Waals surface area contributed by atoms with Crippen LogP contribution in [-0.2, 0) is 14.8 Å². The number of sulfonamides is 1. The van der Waals surface area contributed by atoms with E-state index in [1.807, 2.05) is 31.2 Å². The van der Waals surface area contributed by atoms with Crippen molar-refractivity contribution in [3.8, 4) is 0 Å². The van der Waals surface area contributed by atoms with Gasteiger partial charge >= 0.3 is 0 Å². The second kappa shape index (κ2) is 6.95. The van der Waals surface area contributed by atoms with E-state index in [-0.39, 0.29) is 5.75 Å². The first-order chi connectivity index (χ1) is 9.61. The molecule has 0 radical (unpaired) electrons. The van der Waals surface area contributed by atoms with Crippen molar-refractivity contribution in [3.05, 3.63) is 24.3 Å². The van der Waals surface area contributed by atoms with Crippen LogP contribution < -0.4 is 9.62 Å². The summed E-state index contributed by atoms with van der Waals surface area (Å²) in [6.45, 7) is 5.21. The SMILES string of the molecule is CCCCS(=O)(=O)Nc1ccc(N2CCOCC2)cc1. The molecule has 0 spiro atoms. The quantitative estimate of drug-likeness (QED) is 0.873. The predicted octanol–water partition coefficient (Wildman–Crippen LogP) is 2.06. The minimum absolute atomic E-state index is 0.175. The van der Waals surface area contributed by atoms with Crippen LogP contribution in [0.5, 0.6) is 0 Å². The van der Waals surface area contributed by atoms with Crippen molar-refractivity contribution in [1.29, 1.82) is 0 Å². The van der Waals surface area contributed by atoms with Crippen LogP contribution >= 0.6 is 0 Å². The molecule has 1 N–H and O–H groups in total. The van der Waals surface area contributed by atoms with Crippen LogP contribution in [0.2, 0.25) is 0 Å². The van der Waals surface area contributed by atoms with Crippen molar-refractivity contribution < 1.29 is 13.2 Å². The van der Waals surface area contributed by atoms with E-state index in [1.54, 1.807) is 0 Å². The number of hydrogen-bond acceptors (Lipinski definition) is 4. The molecule has 1 aliphatic heterocycles. The predicted molar refractivity (Wildman–Crippen MR) is 81.8 cm³/mol. The van der Waals surface area contributed by atoms with Gasteiger partial charge in [0.2, 0.25) is 10.0 Å². The second-order valence-corrected chi connectivity index (χ2v) is 6.76. The van der Waals surface area contributed by atoms with Crippen LogP contribution in [0.4, 0.5) is 11.4 Å². The molecule has 6 heteroatoms. The monoisotopic (exact) mass is 298 g/mol. The van der Waals surface area contributed by atoms with Gasteiger partial charge in [-0.15, -0.1) is 0 Å². The number of nitrogens with zero attached hydrogens (tertiary/aromatic N) is 1. The Morgan fingerprint density at radius 2 is 1.85 bits per heavy atom. The second-order valence-electron chi connectivity index (χ2n) is 4.92. The van der Waals surface area contributed by atoms with Crippen LogP contribution in [-0.4, -0.2) is 40.5 Å². The van der Waals surface area contributed by atoms with E-state index in [0.717, 1.165) is 38.4 Å². The van der Waals surface area contributed by atoms with Crippen LogP contribution in [0, 0.1) is 0 Å². The number of morpholine rings is 1. The minimum Gasteiger partial charge on any atom is -0.378 e. The maximum atomic E-state index is 11.8. The third kappa shape index (κ3) is 4.38. The van der Waals surface area contributed by atoms with Crippen molar-refractivity contribution in [2.45, 2.75) is 19.8 Å². The first-order valence-electron chi connectivity index (χ1n) is 7.04. The van der Waals surface area contributed by atoms with E-state index in [2.05, 4.69) is 9.62 Å². The lowest BCUT2D eigenvalue weighted by molar-refractivity contribution is 0.122. The summed E-state index contributed by atoms with van der Waals surface area (Å²) in [6, 6.07) is 7.52. The average Bonchev–Trinajstić information content (AvgIpc) is 2.46. The molecule has 0 bridgehead atoms. The van der Waals surface area contributed by atoms with Gasteiger partial charge in [0.05, 0.1) is 19.0 Å². The van der Waals surface area contributed by atoms with Crippen molar-refractivity contribution >= 4 is 21.4 Å². The fourth-order valence-electron chi connectivity index (χ4n) is 2.13. The van der Waals surface area contributed by atoms with Gasteiger partial charge in [-0.25, -0.2) is 8.42 Å². The smallest absolute Gasteiger partial charge is 0.232 e. The van der Waals surface area contributed by atoms with Gasteiger partial charge in [-0.3, -0.25) is 4.72 Å².